The van der Waals surface area contributed by atoms with Gasteiger partial charge in [-0.3, -0.25) is 4.90 Å². The Balaban J connectivity index is 1.51. The molecule has 2 saturated heterocycles. The molecule has 0 spiro atoms. The van der Waals surface area contributed by atoms with E-state index in [0.29, 0.717) is 6.04 Å². The Labute approximate surface area is 124 Å². The number of benzene rings is 1. The molecule has 0 saturated carbocycles. The fourth-order valence-electron chi connectivity index (χ4n) is 3.18. The second kappa shape index (κ2) is 5.24. The summed E-state index contributed by atoms with van der Waals surface area (Å²) < 4.78 is 5.42. The molecule has 0 aliphatic carbocycles. The van der Waals surface area contributed by atoms with E-state index in [4.69, 9.17) is 9.72 Å². The van der Waals surface area contributed by atoms with Crippen molar-refractivity contribution in [2.24, 2.45) is 0 Å². The first kappa shape index (κ1) is 13.0. The first-order chi connectivity index (χ1) is 10.3. The summed E-state index contributed by atoms with van der Waals surface area (Å²) in [5, 5.41) is 0. The molecule has 5 nitrogen and oxygen atoms in total. The van der Waals surface area contributed by atoms with Crippen molar-refractivity contribution in [3.05, 3.63) is 30.0 Å². The largest absolute Gasteiger partial charge is 0.379 e. The average Bonchev–Trinajstić information content (AvgIpc) is 2.47. The van der Waals surface area contributed by atoms with Crippen LogP contribution in [0.15, 0.2) is 24.3 Å². The van der Waals surface area contributed by atoms with Gasteiger partial charge in [-0.15, -0.1) is 0 Å². The molecule has 2 fully saturated rings. The minimum absolute atomic E-state index is 0.640. The Morgan fingerprint density at radius 1 is 1.05 bits per heavy atom. The molecule has 0 bridgehead atoms. The van der Waals surface area contributed by atoms with Crippen molar-refractivity contribution < 1.29 is 4.74 Å². The molecule has 0 radical (unpaired) electrons. The summed E-state index contributed by atoms with van der Waals surface area (Å²) in [4.78, 5) is 14.3. The molecular formula is C16H20N4O. The number of fused-ring (bicyclic) bond motifs is 1. The van der Waals surface area contributed by atoms with Gasteiger partial charge in [-0.05, 0) is 19.1 Å². The molecule has 0 amide bonds. The van der Waals surface area contributed by atoms with Crippen molar-refractivity contribution in [1.82, 2.24) is 14.9 Å². The Bertz CT molecular complexity index is 648. The normalized spacial score (nSPS) is 20.7. The van der Waals surface area contributed by atoms with Gasteiger partial charge in [0.05, 0.1) is 29.9 Å². The Morgan fingerprint density at radius 3 is 2.43 bits per heavy atom. The molecule has 3 heterocycles. The van der Waals surface area contributed by atoms with E-state index in [1.807, 2.05) is 24.3 Å². The maximum atomic E-state index is 5.42. The van der Waals surface area contributed by atoms with Crippen LogP contribution in [0.1, 0.15) is 5.69 Å². The number of aromatic nitrogens is 2. The lowest BCUT2D eigenvalue weighted by atomic mass is 10.1. The first-order valence-corrected chi connectivity index (χ1v) is 7.61. The van der Waals surface area contributed by atoms with Gasteiger partial charge in [0.25, 0.3) is 0 Å². The number of rotatable bonds is 2. The highest BCUT2D eigenvalue weighted by Gasteiger charge is 2.34. The molecule has 2 aliphatic rings. The topological polar surface area (TPSA) is 41.5 Å². The second-order valence-corrected chi connectivity index (χ2v) is 5.83. The lowest BCUT2D eigenvalue weighted by molar-refractivity contribution is 0.0104. The van der Waals surface area contributed by atoms with Crippen LogP contribution >= 0.6 is 0 Å². The first-order valence-electron chi connectivity index (χ1n) is 7.61. The van der Waals surface area contributed by atoms with Crippen LogP contribution in [0.25, 0.3) is 11.0 Å². The summed E-state index contributed by atoms with van der Waals surface area (Å²) in [6.45, 7) is 8.00. The van der Waals surface area contributed by atoms with Crippen molar-refractivity contribution in [2.75, 3.05) is 44.3 Å². The molecule has 5 heteroatoms. The maximum Gasteiger partial charge on any atom is 0.150 e. The van der Waals surface area contributed by atoms with Crippen molar-refractivity contribution in [3.63, 3.8) is 0 Å². The molecule has 2 aliphatic heterocycles. The monoisotopic (exact) mass is 284 g/mol. The summed E-state index contributed by atoms with van der Waals surface area (Å²) >= 11 is 0. The van der Waals surface area contributed by atoms with Crippen molar-refractivity contribution >= 4 is 16.9 Å². The van der Waals surface area contributed by atoms with E-state index >= 15 is 0 Å². The predicted octanol–water partition coefficient (Wildman–Crippen LogP) is 1.46. The van der Waals surface area contributed by atoms with Crippen LogP contribution in [-0.4, -0.2) is 60.3 Å². The third-order valence-electron chi connectivity index (χ3n) is 4.44. The summed E-state index contributed by atoms with van der Waals surface area (Å²) in [5.41, 5.74) is 2.98. The number of aryl methyl sites for hydroxylation is 1. The number of para-hydroxylation sites is 2. The van der Waals surface area contributed by atoms with Crippen LogP contribution in [-0.2, 0) is 4.74 Å². The van der Waals surface area contributed by atoms with Gasteiger partial charge >= 0.3 is 0 Å². The number of hydrogen-bond donors (Lipinski definition) is 0. The van der Waals surface area contributed by atoms with Crippen LogP contribution in [0, 0.1) is 6.92 Å². The van der Waals surface area contributed by atoms with E-state index in [-0.39, 0.29) is 0 Å². The molecular weight excluding hydrogens is 264 g/mol. The minimum atomic E-state index is 0.640. The van der Waals surface area contributed by atoms with Gasteiger partial charge < -0.3 is 9.64 Å². The third kappa shape index (κ3) is 2.36. The quantitative estimate of drug-likeness (QED) is 0.835. The van der Waals surface area contributed by atoms with Crippen molar-refractivity contribution in [1.29, 1.82) is 0 Å². The van der Waals surface area contributed by atoms with Crippen molar-refractivity contribution in [3.8, 4) is 0 Å². The summed E-state index contributed by atoms with van der Waals surface area (Å²) in [6, 6.07) is 8.72. The highest BCUT2D eigenvalue weighted by Crippen LogP contribution is 2.26. The van der Waals surface area contributed by atoms with E-state index < -0.39 is 0 Å². The molecule has 21 heavy (non-hydrogen) atoms. The Morgan fingerprint density at radius 2 is 1.71 bits per heavy atom. The van der Waals surface area contributed by atoms with Gasteiger partial charge in [0.15, 0.2) is 5.82 Å². The molecule has 0 unspecified atom stereocenters. The lowest BCUT2D eigenvalue weighted by Crippen LogP contribution is -2.62. The molecule has 0 N–H and O–H groups in total. The molecule has 4 rings (SSSR count). The fraction of sp³-hybridized carbons (Fsp3) is 0.500. The standard InChI is InChI=1S/C16H20N4O/c1-12-16(18-15-5-3-2-4-14(15)17-12)20-10-13(11-20)19-6-8-21-9-7-19/h2-5,13H,6-11H2,1H3. The van der Waals surface area contributed by atoms with Crippen LogP contribution in [0.2, 0.25) is 0 Å². The molecule has 1 aromatic carbocycles. The van der Waals surface area contributed by atoms with E-state index in [1.54, 1.807) is 0 Å². The van der Waals surface area contributed by atoms with Gasteiger partial charge in [-0.1, -0.05) is 12.1 Å². The third-order valence-corrected chi connectivity index (χ3v) is 4.44. The maximum absolute atomic E-state index is 5.42. The van der Waals surface area contributed by atoms with Crippen LogP contribution in [0.3, 0.4) is 0 Å². The number of anilines is 1. The van der Waals surface area contributed by atoms with E-state index in [1.165, 1.54) is 0 Å². The predicted molar refractivity (Wildman–Crippen MR) is 82.7 cm³/mol. The van der Waals surface area contributed by atoms with Gasteiger partial charge in [-0.25, -0.2) is 9.97 Å². The summed E-state index contributed by atoms with van der Waals surface area (Å²) in [7, 11) is 0. The number of morpholine rings is 1. The number of nitrogens with zero attached hydrogens (tertiary/aromatic N) is 4. The summed E-state index contributed by atoms with van der Waals surface area (Å²) in [5.74, 6) is 1.04. The Kier molecular flexibility index (Phi) is 3.24. The van der Waals surface area contributed by atoms with E-state index in [0.717, 1.165) is 61.9 Å². The Hall–Kier alpha value is -1.72. The molecule has 0 atom stereocenters. The molecule has 2 aromatic rings. The van der Waals surface area contributed by atoms with Crippen LogP contribution in [0.5, 0.6) is 0 Å². The van der Waals surface area contributed by atoms with Gasteiger partial charge in [0, 0.05) is 32.2 Å². The van der Waals surface area contributed by atoms with Crippen LogP contribution < -0.4 is 4.90 Å². The number of ether oxygens (including phenoxy) is 1. The van der Waals surface area contributed by atoms with E-state index in [9.17, 15) is 0 Å². The molecule has 1 aromatic heterocycles. The van der Waals surface area contributed by atoms with Gasteiger partial charge in [0.1, 0.15) is 0 Å². The smallest absolute Gasteiger partial charge is 0.150 e. The highest BCUT2D eigenvalue weighted by molar-refractivity contribution is 5.76. The average molecular weight is 284 g/mol. The lowest BCUT2D eigenvalue weighted by Gasteiger charge is -2.47. The van der Waals surface area contributed by atoms with Crippen LogP contribution in [0.4, 0.5) is 5.82 Å². The minimum Gasteiger partial charge on any atom is -0.379 e. The fourth-order valence-corrected chi connectivity index (χ4v) is 3.18. The molecule has 110 valence electrons. The SMILES string of the molecule is Cc1nc2ccccc2nc1N1CC(N2CCOCC2)C1. The van der Waals surface area contributed by atoms with Gasteiger partial charge in [-0.2, -0.15) is 0 Å². The zero-order valence-electron chi connectivity index (χ0n) is 12.3. The zero-order chi connectivity index (χ0) is 14.2. The van der Waals surface area contributed by atoms with Crippen molar-refractivity contribution in [2.45, 2.75) is 13.0 Å². The highest BCUT2D eigenvalue weighted by atomic mass is 16.5. The second-order valence-electron chi connectivity index (χ2n) is 5.83. The zero-order valence-corrected chi connectivity index (χ0v) is 12.3. The summed E-state index contributed by atoms with van der Waals surface area (Å²) in [6.07, 6.45) is 0. The number of hydrogen-bond acceptors (Lipinski definition) is 5. The van der Waals surface area contributed by atoms with E-state index in [2.05, 4.69) is 21.7 Å². The van der Waals surface area contributed by atoms with Gasteiger partial charge in [0.2, 0.25) is 0 Å².